The van der Waals surface area contributed by atoms with Crippen LogP contribution in [0.2, 0.25) is 0 Å². The lowest BCUT2D eigenvalue weighted by Crippen LogP contribution is -2.63. The van der Waals surface area contributed by atoms with Crippen molar-refractivity contribution < 1.29 is 20.1 Å². The molecular weight excluding hydrogens is 201 g/mol. The van der Waals surface area contributed by atoms with Crippen molar-refractivity contribution in [1.82, 2.24) is 0 Å². The molecule has 14 heavy (non-hydrogen) atoms. The third kappa shape index (κ3) is 4.53. The summed E-state index contributed by atoms with van der Waals surface area (Å²) in [6.07, 6.45) is 0.452. The van der Waals surface area contributed by atoms with Crippen LogP contribution in [0.1, 0.15) is 5.56 Å². The molecule has 1 aromatic rings. The zero-order valence-corrected chi connectivity index (χ0v) is 8.73. The van der Waals surface area contributed by atoms with Crippen molar-refractivity contribution >= 4 is 7.60 Å². The molecule has 5 heteroatoms. The highest BCUT2D eigenvalue weighted by molar-refractivity contribution is 7.51. The molecule has 0 aliphatic carbocycles. The van der Waals surface area contributed by atoms with Crippen LogP contribution in [-0.2, 0) is 11.0 Å². The lowest BCUT2D eigenvalue weighted by Gasteiger charge is -2.09. The Morgan fingerprint density at radius 1 is 1.29 bits per heavy atom. The van der Waals surface area contributed by atoms with E-state index in [0.29, 0.717) is 6.42 Å². The molecule has 0 aliphatic rings. The van der Waals surface area contributed by atoms with Gasteiger partial charge in [0, 0.05) is 6.42 Å². The quantitative estimate of drug-likeness (QED) is 0.620. The van der Waals surface area contributed by atoms with Crippen molar-refractivity contribution in [2.75, 3.05) is 6.16 Å². The maximum Gasteiger partial charge on any atom is 0.331 e. The fourth-order valence-electron chi connectivity index (χ4n) is 1.35. The van der Waals surface area contributed by atoms with Gasteiger partial charge >= 0.3 is 7.60 Å². The van der Waals surface area contributed by atoms with Crippen molar-refractivity contribution in [3.63, 3.8) is 0 Å². The van der Waals surface area contributed by atoms with Crippen LogP contribution in [0.15, 0.2) is 30.3 Å². The van der Waals surface area contributed by atoms with Gasteiger partial charge in [-0.25, -0.2) is 0 Å². The minimum Gasteiger partial charge on any atom is -0.354 e. The van der Waals surface area contributed by atoms with E-state index in [1.54, 1.807) is 0 Å². The first-order chi connectivity index (χ1) is 6.47. The predicted octanol–water partition coefficient (Wildman–Crippen LogP) is 0.0173. The van der Waals surface area contributed by atoms with Gasteiger partial charge in [0.2, 0.25) is 0 Å². The first-order valence-corrected chi connectivity index (χ1v) is 6.19. The van der Waals surface area contributed by atoms with Gasteiger partial charge in [0.1, 0.15) is 6.16 Å². The first kappa shape index (κ1) is 11.4. The molecule has 5 N–H and O–H groups in total. The number of quaternary nitrogens is 1. The summed E-state index contributed by atoms with van der Waals surface area (Å²) in [6.45, 7) is 0. The second-order valence-corrected chi connectivity index (χ2v) is 5.10. The van der Waals surface area contributed by atoms with Crippen LogP contribution in [0.4, 0.5) is 0 Å². The normalized spacial score (nSPS) is 13.9. The molecule has 0 saturated heterocycles. The highest BCUT2D eigenvalue weighted by atomic mass is 31.2. The Hall–Kier alpha value is -0.670. The predicted molar refractivity (Wildman–Crippen MR) is 53.7 cm³/mol. The van der Waals surface area contributed by atoms with Crippen LogP contribution in [0.3, 0.4) is 0 Å². The summed E-state index contributed by atoms with van der Waals surface area (Å²) in [6, 6.07) is 9.33. The van der Waals surface area contributed by atoms with Gasteiger partial charge in [0.05, 0.1) is 6.04 Å². The Morgan fingerprint density at radius 2 is 1.86 bits per heavy atom. The molecule has 1 unspecified atom stereocenters. The highest BCUT2D eigenvalue weighted by Gasteiger charge is 2.21. The van der Waals surface area contributed by atoms with Crippen LogP contribution < -0.4 is 5.73 Å². The minimum absolute atomic E-state index is 0.151. The first-order valence-electron chi connectivity index (χ1n) is 4.39. The fourth-order valence-corrected chi connectivity index (χ4v) is 2.15. The summed E-state index contributed by atoms with van der Waals surface area (Å²) < 4.78 is 10.7. The van der Waals surface area contributed by atoms with E-state index in [9.17, 15) is 4.57 Å². The molecule has 1 atom stereocenters. The second-order valence-electron chi connectivity index (χ2n) is 3.40. The van der Waals surface area contributed by atoms with E-state index in [0.717, 1.165) is 5.56 Å². The lowest BCUT2D eigenvalue weighted by atomic mass is 10.1. The topological polar surface area (TPSA) is 85.2 Å². The van der Waals surface area contributed by atoms with Crippen LogP contribution in [0.5, 0.6) is 0 Å². The Balaban J connectivity index is 2.50. The molecule has 1 aromatic carbocycles. The molecule has 0 aromatic heterocycles. The maximum atomic E-state index is 10.7. The fraction of sp³-hybridized carbons (Fsp3) is 0.333. The molecule has 0 amide bonds. The van der Waals surface area contributed by atoms with Gasteiger partial charge in [-0.1, -0.05) is 30.3 Å². The van der Waals surface area contributed by atoms with Gasteiger partial charge in [-0.15, -0.1) is 0 Å². The largest absolute Gasteiger partial charge is 0.354 e. The van der Waals surface area contributed by atoms with Crippen molar-refractivity contribution in [2.24, 2.45) is 0 Å². The van der Waals surface area contributed by atoms with E-state index in [4.69, 9.17) is 9.79 Å². The Labute approximate surface area is 82.9 Å². The van der Waals surface area contributed by atoms with Crippen molar-refractivity contribution in [2.45, 2.75) is 12.5 Å². The van der Waals surface area contributed by atoms with Gasteiger partial charge in [-0.05, 0) is 5.56 Å². The zero-order valence-electron chi connectivity index (χ0n) is 7.84. The van der Waals surface area contributed by atoms with E-state index in [2.05, 4.69) is 5.73 Å². The number of rotatable bonds is 4. The van der Waals surface area contributed by atoms with E-state index in [1.165, 1.54) is 0 Å². The number of hydrogen-bond donors (Lipinski definition) is 3. The van der Waals surface area contributed by atoms with Crippen LogP contribution in [0.25, 0.3) is 0 Å². The Morgan fingerprint density at radius 3 is 2.36 bits per heavy atom. The smallest absolute Gasteiger partial charge is 0.331 e. The van der Waals surface area contributed by atoms with Crippen LogP contribution in [0, 0.1) is 0 Å². The van der Waals surface area contributed by atoms with E-state index in [1.807, 2.05) is 30.3 Å². The molecule has 0 aliphatic heterocycles. The Kier molecular flexibility index (Phi) is 3.84. The lowest BCUT2D eigenvalue weighted by molar-refractivity contribution is -0.412. The average molecular weight is 216 g/mol. The maximum absolute atomic E-state index is 10.7. The summed E-state index contributed by atoms with van der Waals surface area (Å²) in [4.78, 5) is 17.5. The number of hydrogen-bond acceptors (Lipinski definition) is 1. The SMILES string of the molecule is [NH3+]C(Cc1ccccc1)CP(=O)(O)O. The van der Waals surface area contributed by atoms with E-state index >= 15 is 0 Å². The molecule has 0 heterocycles. The molecule has 0 bridgehead atoms. The molecule has 1 rings (SSSR count). The molecular formula is C9H15NO3P+. The van der Waals surface area contributed by atoms with Crippen molar-refractivity contribution in [3.8, 4) is 0 Å². The van der Waals surface area contributed by atoms with Crippen LogP contribution >= 0.6 is 7.60 Å². The monoisotopic (exact) mass is 216 g/mol. The van der Waals surface area contributed by atoms with Crippen molar-refractivity contribution in [3.05, 3.63) is 35.9 Å². The highest BCUT2D eigenvalue weighted by Crippen LogP contribution is 2.34. The van der Waals surface area contributed by atoms with Crippen molar-refractivity contribution in [1.29, 1.82) is 0 Å². The summed E-state index contributed by atoms with van der Waals surface area (Å²) in [5.41, 5.74) is 4.78. The molecule has 0 saturated carbocycles. The number of benzene rings is 1. The Bertz CT molecular complexity index is 322. The average Bonchev–Trinajstić information content (AvgIpc) is 2.02. The summed E-state index contributed by atoms with van der Waals surface area (Å²) in [5.74, 6) is 0. The zero-order chi connectivity index (χ0) is 10.6. The van der Waals surface area contributed by atoms with Gasteiger partial charge in [0.25, 0.3) is 0 Å². The molecule has 4 nitrogen and oxygen atoms in total. The summed E-state index contributed by atoms with van der Waals surface area (Å²) in [7, 11) is -3.92. The molecule has 0 spiro atoms. The standard InChI is InChI=1S/C9H14NO3P/c10-9(7-14(11,12)13)6-8-4-2-1-3-5-8/h1-5,9H,6-7,10H2,(H2,11,12,13)/p+1. The van der Waals surface area contributed by atoms with E-state index < -0.39 is 7.60 Å². The second kappa shape index (κ2) is 4.71. The third-order valence-electron chi connectivity index (χ3n) is 1.86. The van der Waals surface area contributed by atoms with Crippen LogP contribution in [-0.4, -0.2) is 22.0 Å². The van der Waals surface area contributed by atoms with Gasteiger partial charge in [0.15, 0.2) is 0 Å². The van der Waals surface area contributed by atoms with Gasteiger partial charge < -0.3 is 15.5 Å². The molecule has 0 fully saturated rings. The summed E-state index contributed by atoms with van der Waals surface area (Å²) in [5, 5.41) is 0. The third-order valence-corrected chi connectivity index (χ3v) is 2.86. The molecule has 0 radical (unpaired) electrons. The molecule has 78 valence electrons. The van der Waals surface area contributed by atoms with Gasteiger partial charge in [-0.2, -0.15) is 0 Å². The minimum atomic E-state index is -3.92. The van der Waals surface area contributed by atoms with Gasteiger partial charge in [-0.3, -0.25) is 4.57 Å². The van der Waals surface area contributed by atoms with E-state index in [-0.39, 0.29) is 12.2 Å². The summed E-state index contributed by atoms with van der Waals surface area (Å²) >= 11 is 0.